The van der Waals surface area contributed by atoms with Gasteiger partial charge >= 0.3 is 0 Å². The van der Waals surface area contributed by atoms with Crippen LogP contribution in [0, 0.1) is 13.8 Å². The van der Waals surface area contributed by atoms with Crippen LogP contribution in [0.15, 0.2) is 41.0 Å². The van der Waals surface area contributed by atoms with E-state index in [0.717, 1.165) is 16.8 Å². The summed E-state index contributed by atoms with van der Waals surface area (Å²) in [5, 5.41) is 3.35. The van der Waals surface area contributed by atoms with Gasteiger partial charge in [0.25, 0.3) is 0 Å². The number of rotatable bonds is 3. The van der Waals surface area contributed by atoms with Crippen molar-refractivity contribution in [3.63, 3.8) is 0 Å². The molecule has 2 aromatic rings. The first-order valence-corrected chi connectivity index (χ1v) is 6.37. The zero-order valence-electron chi connectivity index (χ0n) is 10.00. The van der Waals surface area contributed by atoms with Crippen LogP contribution in [-0.2, 0) is 6.54 Å². The minimum absolute atomic E-state index is 0.793. The fourth-order valence-electron chi connectivity index (χ4n) is 1.65. The summed E-state index contributed by atoms with van der Waals surface area (Å²) in [6.07, 6.45) is 1.82. The smallest absolute Gasteiger partial charge is 0.140 e. The minimum Gasteiger partial charge on any atom is -0.365 e. The molecule has 17 heavy (non-hydrogen) atoms. The van der Waals surface area contributed by atoms with E-state index >= 15 is 0 Å². The first-order chi connectivity index (χ1) is 8.18. The number of halogens is 1. The molecule has 0 radical (unpaired) electrons. The van der Waals surface area contributed by atoms with Crippen molar-refractivity contribution in [1.82, 2.24) is 4.98 Å². The second kappa shape index (κ2) is 5.32. The van der Waals surface area contributed by atoms with Crippen LogP contribution >= 0.6 is 15.9 Å². The van der Waals surface area contributed by atoms with Crippen molar-refractivity contribution < 1.29 is 0 Å². The van der Waals surface area contributed by atoms with Gasteiger partial charge in [-0.3, -0.25) is 0 Å². The van der Waals surface area contributed by atoms with Crippen LogP contribution in [-0.4, -0.2) is 4.98 Å². The predicted molar refractivity (Wildman–Crippen MR) is 75.2 cm³/mol. The Labute approximate surface area is 110 Å². The third-order valence-electron chi connectivity index (χ3n) is 2.79. The SMILES string of the molecule is Cc1ccccc1CNc1nccc(C)c1Br. The summed E-state index contributed by atoms with van der Waals surface area (Å²) in [7, 11) is 0. The molecule has 2 nitrogen and oxygen atoms in total. The van der Waals surface area contributed by atoms with E-state index in [1.807, 2.05) is 12.3 Å². The molecule has 1 aromatic carbocycles. The number of benzene rings is 1. The van der Waals surface area contributed by atoms with Crippen molar-refractivity contribution in [2.45, 2.75) is 20.4 Å². The molecule has 1 heterocycles. The summed E-state index contributed by atoms with van der Waals surface area (Å²) in [6, 6.07) is 10.4. The first kappa shape index (κ1) is 12.1. The summed E-state index contributed by atoms with van der Waals surface area (Å²) in [4.78, 5) is 4.33. The van der Waals surface area contributed by atoms with Crippen LogP contribution < -0.4 is 5.32 Å². The van der Waals surface area contributed by atoms with E-state index in [1.165, 1.54) is 16.7 Å². The summed E-state index contributed by atoms with van der Waals surface area (Å²) >= 11 is 3.55. The summed E-state index contributed by atoms with van der Waals surface area (Å²) in [5.41, 5.74) is 3.78. The van der Waals surface area contributed by atoms with E-state index in [-0.39, 0.29) is 0 Å². The number of hydrogen-bond donors (Lipinski definition) is 1. The van der Waals surface area contributed by atoms with Crippen molar-refractivity contribution in [2.75, 3.05) is 5.32 Å². The zero-order valence-corrected chi connectivity index (χ0v) is 11.6. The average molecular weight is 291 g/mol. The van der Waals surface area contributed by atoms with Gasteiger partial charge in [-0.15, -0.1) is 0 Å². The molecule has 0 unspecified atom stereocenters. The van der Waals surface area contributed by atoms with Crippen LogP contribution in [0.4, 0.5) is 5.82 Å². The quantitative estimate of drug-likeness (QED) is 0.922. The van der Waals surface area contributed by atoms with Gasteiger partial charge in [-0.1, -0.05) is 24.3 Å². The van der Waals surface area contributed by atoms with Crippen LogP contribution in [0.25, 0.3) is 0 Å². The number of aromatic nitrogens is 1. The Hall–Kier alpha value is -1.35. The van der Waals surface area contributed by atoms with Gasteiger partial charge in [0, 0.05) is 12.7 Å². The van der Waals surface area contributed by atoms with Crippen LogP contribution in [0.5, 0.6) is 0 Å². The van der Waals surface area contributed by atoms with Gasteiger partial charge in [-0.25, -0.2) is 4.98 Å². The molecule has 0 aliphatic carbocycles. The first-order valence-electron chi connectivity index (χ1n) is 5.58. The molecule has 0 bridgehead atoms. The van der Waals surface area contributed by atoms with E-state index in [2.05, 4.69) is 64.3 Å². The second-order valence-corrected chi connectivity index (χ2v) is 4.86. The van der Waals surface area contributed by atoms with Gasteiger partial charge in [0.05, 0.1) is 4.47 Å². The largest absolute Gasteiger partial charge is 0.365 e. The van der Waals surface area contributed by atoms with Crippen molar-refractivity contribution >= 4 is 21.7 Å². The number of nitrogens with one attached hydrogen (secondary N) is 1. The topological polar surface area (TPSA) is 24.9 Å². The summed E-state index contributed by atoms with van der Waals surface area (Å²) in [5.74, 6) is 0.897. The van der Waals surface area contributed by atoms with Gasteiger partial charge in [0.2, 0.25) is 0 Å². The molecule has 2 rings (SSSR count). The molecule has 3 heteroatoms. The van der Waals surface area contributed by atoms with E-state index in [1.54, 1.807) is 0 Å². The molecule has 0 aliphatic heterocycles. The number of anilines is 1. The summed E-state index contributed by atoms with van der Waals surface area (Å²) in [6.45, 7) is 4.97. The van der Waals surface area contributed by atoms with E-state index < -0.39 is 0 Å². The van der Waals surface area contributed by atoms with Gasteiger partial charge in [-0.2, -0.15) is 0 Å². The number of pyridine rings is 1. The lowest BCUT2D eigenvalue weighted by Gasteiger charge is -2.10. The fourth-order valence-corrected chi connectivity index (χ4v) is 2.03. The average Bonchev–Trinajstić information content (AvgIpc) is 2.33. The van der Waals surface area contributed by atoms with Crippen LogP contribution in [0.2, 0.25) is 0 Å². The molecule has 0 saturated heterocycles. The maximum atomic E-state index is 4.33. The van der Waals surface area contributed by atoms with E-state index in [4.69, 9.17) is 0 Å². The monoisotopic (exact) mass is 290 g/mol. The van der Waals surface area contributed by atoms with Crippen LogP contribution in [0.1, 0.15) is 16.7 Å². The van der Waals surface area contributed by atoms with Gasteiger partial charge < -0.3 is 5.32 Å². The normalized spacial score (nSPS) is 10.3. The Balaban J connectivity index is 2.13. The molecule has 1 N–H and O–H groups in total. The molecular formula is C14H15BrN2. The highest BCUT2D eigenvalue weighted by molar-refractivity contribution is 9.10. The van der Waals surface area contributed by atoms with Gasteiger partial charge in [0.15, 0.2) is 0 Å². The van der Waals surface area contributed by atoms with E-state index in [0.29, 0.717) is 0 Å². The molecule has 0 spiro atoms. The lowest BCUT2D eigenvalue weighted by molar-refractivity contribution is 1.08. The third kappa shape index (κ3) is 2.86. The minimum atomic E-state index is 0.793. The van der Waals surface area contributed by atoms with Crippen molar-refractivity contribution in [2.24, 2.45) is 0 Å². The Morgan fingerprint density at radius 3 is 2.65 bits per heavy atom. The zero-order chi connectivity index (χ0) is 12.3. The maximum absolute atomic E-state index is 4.33. The van der Waals surface area contributed by atoms with Crippen molar-refractivity contribution in [1.29, 1.82) is 0 Å². The Bertz CT molecular complexity index is 523. The standard InChI is InChI=1S/C14H15BrN2/c1-10-5-3-4-6-12(10)9-17-14-13(15)11(2)7-8-16-14/h3-8H,9H2,1-2H3,(H,16,17). The number of aryl methyl sites for hydroxylation is 2. The van der Waals surface area contributed by atoms with Gasteiger partial charge in [0.1, 0.15) is 5.82 Å². The number of hydrogen-bond acceptors (Lipinski definition) is 2. The van der Waals surface area contributed by atoms with Gasteiger partial charge in [-0.05, 0) is 52.5 Å². The molecule has 0 saturated carbocycles. The molecule has 0 aliphatic rings. The highest BCUT2D eigenvalue weighted by Crippen LogP contribution is 2.23. The van der Waals surface area contributed by atoms with Crippen LogP contribution in [0.3, 0.4) is 0 Å². The molecule has 1 aromatic heterocycles. The highest BCUT2D eigenvalue weighted by Gasteiger charge is 2.04. The van der Waals surface area contributed by atoms with E-state index in [9.17, 15) is 0 Å². The Kier molecular flexibility index (Phi) is 3.79. The lowest BCUT2D eigenvalue weighted by Crippen LogP contribution is -2.03. The summed E-state index contributed by atoms with van der Waals surface area (Å²) < 4.78 is 1.04. The molecule has 0 amide bonds. The lowest BCUT2D eigenvalue weighted by atomic mass is 10.1. The highest BCUT2D eigenvalue weighted by atomic mass is 79.9. The molecule has 88 valence electrons. The third-order valence-corrected chi connectivity index (χ3v) is 3.79. The Morgan fingerprint density at radius 2 is 1.88 bits per heavy atom. The molecular weight excluding hydrogens is 276 g/mol. The molecule has 0 atom stereocenters. The maximum Gasteiger partial charge on any atom is 0.140 e. The van der Waals surface area contributed by atoms with Crippen molar-refractivity contribution in [3.05, 3.63) is 57.7 Å². The second-order valence-electron chi connectivity index (χ2n) is 4.07. The fraction of sp³-hybridized carbons (Fsp3) is 0.214. The predicted octanol–water partition coefficient (Wildman–Crippen LogP) is 4.07. The molecule has 0 fully saturated rings. The Morgan fingerprint density at radius 1 is 1.12 bits per heavy atom. The van der Waals surface area contributed by atoms with Crippen molar-refractivity contribution in [3.8, 4) is 0 Å². The number of nitrogens with zero attached hydrogens (tertiary/aromatic N) is 1.